The van der Waals surface area contributed by atoms with E-state index in [2.05, 4.69) is 15.2 Å². The van der Waals surface area contributed by atoms with E-state index in [1.54, 1.807) is 0 Å². The lowest BCUT2D eigenvalue weighted by Crippen LogP contribution is -2.48. The molecule has 0 bridgehead atoms. The number of amidine groups is 1. The van der Waals surface area contributed by atoms with Gasteiger partial charge in [0.15, 0.2) is 15.7 Å². The highest BCUT2D eigenvalue weighted by Gasteiger charge is 2.31. The minimum atomic E-state index is -4.49. The Morgan fingerprint density at radius 1 is 1.18 bits per heavy atom. The lowest BCUT2D eigenvalue weighted by Gasteiger charge is -2.37. The van der Waals surface area contributed by atoms with Gasteiger partial charge < -0.3 is 16.4 Å². The average Bonchev–Trinajstić information content (AvgIpc) is 2.60. The summed E-state index contributed by atoms with van der Waals surface area (Å²) in [6.45, 7) is 3.66. The zero-order valence-corrected chi connectivity index (χ0v) is 17.0. The second-order valence-electron chi connectivity index (χ2n) is 6.31. The SMILES string of the molecule is CS(=O)(=O)c1ccc(N2CCN(CCN)CC2)c(/C(N)=N/N=N)c1S(N)(=O)=O. The zero-order valence-electron chi connectivity index (χ0n) is 15.4. The predicted molar refractivity (Wildman–Crippen MR) is 105 cm³/mol. The van der Waals surface area contributed by atoms with Crippen LogP contribution in [0.15, 0.2) is 32.2 Å². The summed E-state index contributed by atoms with van der Waals surface area (Å²) in [7, 11) is -8.43. The van der Waals surface area contributed by atoms with Gasteiger partial charge in [0.05, 0.1) is 10.5 Å². The molecule has 0 saturated carbocycles. The van der Waals surface area contributed by atoms with Crippen molar-refractivity contribution < 1.29 is 16.8 Å². The van der Waals surface area contributed by atoms with Crippen molar-refractivity contribution >= 4 is 31.4 Å². The molecule has 1 heterocycles. The highest BCUT2D eigenvalue weighted by molar-refractivity contribution is 7.93. The summed E-state index contributed by atoms with van der Waals surface area (Å²) in [5.74, 6) is -0.413. The number of hydrogen-bond donors (Lipinski definition) is 4. The van der Waals surface area contributed by atoms with Crippen LogP contribution in [-0.4, -0.2) is 73.1 Å². The molecule has 0 amide bonds. The summed E-state index contributed by atoms with van der Waals surface area (Å²) < 4.78 is 48.9. The van der Waals surface area contributed by atoms with E-state index in [1.807, 2.05) is 4.90 Å². The van der Waals surface area contributed by atoms with Gasteiger partial charge in [-0.05, 0) is 12.1 Å². The van der Waals surface area contributed by atoms with Crippen molar-refractivity contribution in [2.45, 2.75) is 9.79 Å². The van der Waals surface area contributed by atoms with Crippen molar-refractivity contribution in [3.8, 4) is 0 Å². The molecule has 0 unspecified atom stereocenters. The maximum absolute atomic E-state index is 12.3. The van der Waals surface area contributed by atoms with Gasteiger partial charge in [-0.2, -0.15) is 5.53 Å². The molecule has 1 saturated heterocycles. The summed E-state index contributed by atoms with van der Waals surface area (Å²) in [6, 6.07) is 2.65. The molecule has 0 atom stereocenters. The van der Waals surface area contributed by atoms with Gasteiger partial charge in [0.25, 0.3) is 0 Å². The molecule has 2 rings (SSSR count). The van der Waals surface area contributed by atoms with Gasteiger partial charge in [0, 0.05) is 51.2 Å². The molecule has 28 heavy (non-hydrogen) atoms. The van der Waals surface area contributed by atoms with Gasteiger partial charge in [-0.25, -0.2) is 22.0 Å². The molecular weight excluding hydrogens is 408 g/mol. The van der Waals surface area contributed by atoms with Crippen LogP contribution in [-0.2, 0) is 19.9 Å². The van der Waals surface area contributed by atoms with E-state index in [0.717, 1.165) is 12.8 Å². The molecule has 1 aromatic rings. The first-order valence-corrected chi connectivity index (χ1v) is 11.7. The Morgan fingerprint density at radius 3 is 2.25 bits per heavy atom. The van der Waals surface area contributed by atoms with Gasteiger partial charge in [-0.3, -0.25) is 4.90 Å². The molecule has 0 spiro atoms. The minimum Gasteiger partial charge on any atom is -0.382 e. The highest BCUT2D eigenvalue weighted by atomic mass is 32.2. The average molecular weight is 433 g/mol. The van der Waals surface area contributed by atoms with Crippen LogP contribution >= 0.6 is 0 Å². The summed E-state index contributed by atoms with van der Waals surface area (Å²) in [4.78, 5) is 2.87. The predicted octanol–water partition coefficient (Wildman–Crippen LogP) is -1.53. The molecule has 14 heteroatoms. The van der Waals surface area contributed by atoms with Crippen molar-refractivity contribution in [2.24, 2.45) is 26.9 Å². The van der Waals surface area contributed by atoms with Crippen molar-refractivity contribution in [2.75, 3.05) is 50.4 Å². The van der Waals surface area contributed by atoms with Gasteiger partial charge in [-0.15, -0.1) is 5.10 Å². The van der Waals surface area contributed by atoms with Crippen LogP contribution in [0.5, 0.6) is 0 Å². The normalized spacial score (nSPS) is 17.0. The van der Waals surface area contributed by atoms with E-state index < -0.39 is 35.5 Å². The van der Waals surface area contributed by atoms with Crippen molar-refractivity contribution in [1.82, 2.24) is 4.90 Å². The van der Waals surface area contributed by atoms with Gasteiger partial charge in [0.2, 0.25) is 10.0 Å². The number of hydrogen-bond acceptors (Lipinski definition) is 9. The first-order chi connectivity index (χ1) is 13.0. The minimum absolute atomic E-state index is 0.173. The molecule has 156 valence electrons. The molecule has 1 aliphatic heterocycles. The largest absolute Gasteiger partial charge is 0.382 e. The number of sulfone groups is 1. The summed E-state index contributed by atoms with van der Waals surface area (Å²) >= 11 is 0. The fourth-order valence-corrected chi connectivity index (χ4v) is 5.54. The molecule has 0 aromatic heterocycles. The van der Waals surface area contributed by atoms with E-state index in [-0.39, 0.29) is 5.56 Å². The quantitative estimate of drug-likeness (QED) is 0.172. The number of nitrogens with zero attached hydrogens (tertiary/aromatic N) is 4. The third-order valence-electron chi connectivity index (χ3n) is 4.36. The van der Waals surface area contributed by atoms with E-state index >= 15 is 0 Å². The first kappa shape index (κ1) is 22.2. The Bertz CT molecular complexity index is 983. The molecule has 7 N–H and O–H groups in total. The maximum Gasteiger partial charge on any atom is 0.240 e. The van der Waals surface area contributed by atoms with Crippen LogP contribution in [0.3, 0.4) is 0 Å². The fourth-order valence-electron chi connectivity index (χ4n) is 3.14. The molecule has 0 aliphatic carbocycles. The number of anilines is 1. The Hall–Kier alpha value is -2.13. The van der Waals surface area contributed by atoms with Crippen molar-refractivity contribution in [1.29, 1.82) is 5.53 Å². The molecule has 1 fully saturated rings. The second-order valence-corrected chi connectivity index (χ2v) is 9.79. The van der Waals surface area contributed by atoms with Crippen LogP contribution in [0.4, 0.5) is 5.69 Å². The Balaban J connectivity index is 2.71. The zero-order chi connectivity index (χ0) is 21.1. The topological polar surface area (TPSA) is 201 Å². The Morgan fingerprint density at radius 2 is 1.79 bits per heavy atom. The van der Waals surface area contributed by atoms with E-state index in [1.165, 1.54) is 12.1 Å². The van der Waals surface area contributed by atoms with Crippen LogP contribution in [0, 0.1) is 5.53 Å². The third-order valence-corrected chi connectivity index (χ3v) is 6.62. The van der Waals surface area contributed by atoms with Gasteiger partial charge >= 0.3 is 0 Å². The number of nitrogens with two attached hydrogens (primary N) is 3. The van der Waals surface area contributed by atoms with E-state index in [0.29, 0.717) is 38.4 Å². The third kappa shape index (κ3) is 4.82. The smallest absolute Gasteiger partial charge is 0.240 e. The number of sulfonamides is 1. The maximum atomic E-state index is 12.3. The number of primary sulfonamides is 1. The van der Waals surface area contributed by atoms with Crippen molar-refractivity contribution in [3.05, 3.63) is 17.7 Å². The fraction of sp³-hybridized carbons (Fsp3) is 0.500. The molecule has 12 nitrogen and oxygen atoms in total. The highest BCUT2D eigenvalue weighted by Crippen LogP contribution is 2.33. The number of rotatable bonds is 7. The monoisotopic (exact) mass is 432 g/mol. The lowest BCUT2D eigenvalue weighted by atomic mass is 10.1. The van der Waals surface area contributed by atoms with Crippen LogP contribution in [0.25, 0.3) is 0 Å². The van der Waals surface area contributed by atoms with Crippen LogP contribution in [0.1, 0.15) is 5.56 Å². The Labute approximate surface area is 163 Å². The summed E-state index contributed by atoms with van der Waals surface area (Å²) in [6.07, 6.45) is 0.869. The summed E-state index contributed by atoms with van der Waals surface area (Å²) in [5, 5.41) is 11.6. The number of piperazine rings is 1. The summed E-state index contributed by atoms with van der Waals surface area (Å²) in [5.41, 5.74) is 18.5. The molecule has 1 aromatic carbocycles. The first-order valence-electron chi connectivity index (χ1n) is 8.28. The number of nitrogens with one attached hydrogen (secondary N) is 1. The van der Waals surface area contributed by atoms with Gasteiger partial charge in [-0.1, -0.05) is 5.22 Å². The van der Waals surface area contributed by atoms with E-state index in [9.17, 15) is 16.8 Å². The van der Waals surface area contributed by atoms with Crippen LogP contribution < -0.4 is 21.5 Å². The van der Waals surface area contributed by atoms with Crippen molar-refractivity contribution in [3.63, 3.8) is 0 Å². The van der Waals surface area contributed by atoms with Gasteiger partial charge in [0.1, 0.15) is 4.90 Å². The molecule has 0 radical (unpaired) electrons. The molecular formula is C14H24N8O4S2. The number of benzene rings is 1. The standard InChI is InChI=1S/C14H24N8O4S2/c1-27(23,24)11-3-2-10(22-8-6-21(5-4-15)7-9-22)12(14(16)19-20-17)13(11)28(18,25)26/h2-3H,4-9,15H2,1H3,(H3,16,17,19)(H2,18,25,26). The molecule has 1 aliphatic rings. The second kappa shape index (κ2) is 8.48. The van der Waals surface area contributed by atoms with E-state index in [4.69, 9.17) is 22.1 Å². The Kier molecular flexibility index (Phi) is 6.71. The van der Waals surface area contributed by atoms with Crippen LogP contribution in [0.2, 0.25) is 0 Å². The lowest BCUT2D eigenvalue weighted by molar-refractivity contribution is 0.265.